The summed E-state index contributed by atoms with van der Waals surface area (Å²) >= 11 is 6.73. The number of benzene rings is 1. The second-order valence-electron chi connectivity index (χ2n) is 3.51. The van der Waals surface area contributed by atoms with Crippen LogP contribution >= 0.6 is 22.9 Å². The standard InChI is InChI=1S/C11H10ClN3OS/c1-15(7-8-5-3-2-4-6-8)10(16)9-13-14-11(12)17-9/h2-6H,7H2,1H3. The molecular weight excluding hydrogens is 258 g/mol. The highest BCUT2D eigenvalue weighted by Crippen LogP contribution is 2.16. The monoisotopic (exact) mass is 267 g/mol. The molecule has 0 saturated carbocycles. The lowest BCUT2D eigenvalue weighted by atomic mass is 10.2. The lowest BCUT2D eigenvalue weighted by Crippen LogP contribution is -2.26. The maximum Gasteiger partial charge on any atom is 0.284 e. The number of halogens is 1. The second-order valence-corrected chi connectivity index (χ2v) is 5.07. The number of hydrogen-bond acceptors (Lipinski definition) is 4. The van der Waals surface area contributed by atoms with Crippen molar-refractivity contribution in [1.82, 2.24) is 15.1 Å². The van der Waals surface area contributed by atoms with Crippen LogP contribution in [0.15, 0.2) is 30.3 Å². The van der Waals surface area contributed by atoms with Gasteiger partial charge in [-0.2, -0.15) is 0 Å². The van der Waals surface area contributed by atoms with Crippen LogP contribution in [-0.2, 0) is 6.54 Å². The molecular formula is C11H10ClN3OS. The third kappa shape index (κ3) is 3.01. The lowest BCUT2D eigenvalue weighted by Gasteiger charge is -2.15. The molecule has 0 aliphatic heterocycles. The Kier molecular flexibility index (Phi) is 3.71. The van der Waals surface area contributed by atoms with Crippen molar-refractivity contribution in [3.8, 4) is 0 Å². The Bertz CT molecular complexity index is 514. The van der Waals surface area contributed by atoms with Crippen molar-refractivity contribution in [2.75, 3.05) is 7.05 Å². The summed E-state index contributed by atoms with van der Waals surface area (Å²) in [6.45, 7) is 0.539. The summed E-state index contributed by atoms with van der Waals surface area (Å²) in [7, 11) is 1.73. The number of aromatic nitrogens is 2. The topological polar surface area (TPSA) is 46.1 Å². The van der Waals surface area contributed by atoms with Gasteiger partial charge in [0, 0.05) is 13.6 Å². The van der Waals surface area contributed by atoms with E-state index in [9.17, 15) is 4.79 Å². The Labute approximate surface area is 108 Å². The van der Waals surface area contributed by atoms with Crippen LogP contribution < -0.4 is 0 Å². The molecule has 1 heterocycles. The number of rotatable bonds is 3. The summed E-state index contributed by atoms with van der Waals surface area (Å²) in [6, 6.07) is 9.76. The first-order chi connectivity index (χ1) is 8.16. The zero-order chi connectivity index (χ0) is 12.3. The molecule has 88 valence electrons. The van der Waals surface area contributed by atoms with Crippen LogP contribution in [0.1, 0.15) is 15.4 Å². The van der Waals surface area contributed by atoms with Gasteiger partial charge in [-0.1, -0.05) is 41.7 Å². The van der Waals surface area contributed by atoms with Gasteiger partial charge in [-0.05, 0) is 17.2 Å². The van der Waals surface area contributed by atoms with Crippen molar-refractivity contribution in [3.05, 3.63) is 45.4 Å². The second kappa shape index (κ2) is 5.25. The minimum atomic E-state index is -0.168. The third-order valence-electron chi connectivity index (χ3n) is 2.19. The Morgan fingerprint density at radius 1 is 1.35 bits per heavy atom. The normalized spacial score (nSPS) is 10.2. The first kappa shape index (κ1) is 12.0. The molecule has 0 saturated heterocycles. The maximum atomic E-state index is 11.9. The van der Waals surface area contributed by atoms with E-state index in [1.807, 2.05) is 30.3 Å². The average Bonchev–Trinajstić information content (AvgIpc) is 2.76. The molecule has 2 rings (SSSR count). The summed E-state index contributed by atoms with van der Waals surface area (Å²) in [5, 5.41) is 7.65. The number of nitrogens with zero attached hydrogens (tertiary/aromatic N) is 3. The van der Waals surface area contributed by atoms with Crippen molar-refractivity contribution in [2.45, 2.75) is 6.54 Å². The van der Waals surface area contributed by atoms with E-state index >= 15 is 0 Å². The summed E-state index contributed by atoms with van der Waals surface area (Å²) in [5.74, 6) is -0.168. The van der Waals surface area contributed by atoms with Crippen molar-refractivity contribution in [3.63, 3.8) is 0 Å². The number of hydrogen-bond donors (Lipinski definition) is 0. The molecule has 1 aromatic heterocycles. The van der Waals surface area contributed by atoms with Crippen LogP contribution in [0, 0.1) is 0 Å². The summed E-state index contributed by atoms with van der Waals surface area (Å²) < 4.78 is 0.279. The Hall–Kier alpha value is -1.46. The molecule has 0 spiro atoms. The molecule has 0 N–H and O–H groups in total. The quantitative estimate of drug-likeness (QED) is 0.858. The number of amides is 1. The molecule has 2 aromatic rings. The first-order valence-electron chi connectivity index (χ1n) is 4.95. The molecule has 0 radical (unpaired) electrons. The van der Waals surface area contributed by atoms with Gasteiger partial charge in [-0.3, -0.25) is 4.79 Å². The van der Waals surface area contributed by atoms with E-state index in [4.69, 9.17) is 11.6 Å². The summed E-state index contributed by atoms with van der Waals surface area (Å²) in [4.78, 5) is 13.5. The van der Waals surface area contributed by atoms with E-state index in [0.29, 0.717) is 11.6 Å². The SMILES string of the molecule is CN(Cc1ccccc1)C(=O)c1nnc(Cl)s1. The fourth-order valence-electron chi connectivity index (χ4n) is 1.38. The predicted molar refractivity (Wildman–Crippen MR) is 67.2 cm³/mol. The van der Waals surface area contributed by atoms with Crippen molar-refractivity contribution >= 4 is 28.8 Å². The van der Waals surface area contributed by atoms with Gasteiger partial charge in [0.2, 0.25) is 9.47 Å². The summed E-state index contributed by atoms with van der Waals surface area (Å²) in [6.07, 6.45) is 0. The van der Waals surface area contributed by atoms with Crippen molar-refractivity contribution in [2.24, 2.45) is 0 Å². The molecule has 0 atom stereocenters. The van der Waals surface area contributed by atoms with Crippen LogP contribution in [0.2, 0.25) is 4.47 Å². The van der Waals surface area contributed by atoms with Gasteiger partial charge in [-0.25, -0.2) is 0 Å². The minimum absolute atomic E-state index is 0.168. The van der Waals surface area contributed by atoms with E-state index in [-0.39, 0.29) is 10.4 Å². The minimum Gasteiger partial charge on any atom is -0.335 e. The van der Waals surface area contributed by atoms with Gasteiger partial charge < -0.3 is 4.90 Å². The van der Waals surface area contributed by atoms with Gasteiger partial charge in [0.25, 0.3) is 5.91 Å². The van der Waals surface area contributed by atoms with Crippen molar-refractivity contribution in [1.29, 1.82) is 0 Å². The van der Waals surface area contributed by atoms with Crippen LogP contribution in [0.4, 0.5) is 0 Å². The highest BCUT2D eigenvalue weighted by molar-refractivity contribution is 7.17. The molecule has 0 fully saturated rings. The van der Waals surface area contributed by atoms with E-state index < -0.39 is 0 Å². The molecule has 0 aliphatic rings. The first-order valence-corrected chi connectivity index (χ1v) is 6.14. The van der Waals surface area contributed by atoms with E-state index in [1.54, 1.807) is 11.9 Å². The Balaban J connectivity index is 2.06. The molecule has 0 bridgehead atoms. The fourth-order valence-corrected chi connectivity index (χ4v) is 2.21. The van der Waals surface area contributed by atoms with E-state index in [1.165, 1.54) is 0 Å². The molecule has 0 unspecified atom stereocenters. The molecule has 1 aromatic carbocycles. The highest BCUT2D eigenvalue weighted by Gasteiger charge is 2.16. The van der Waals surface area contributed by atoms with Gasteiger partial charge in [0.05, 0.1) is 0 Å². The third-order valence-corrected chi connectivity index (χ3v) is 3.20. The zero-order valence-electron chi connectivity index (χ0n) is 9.13. The Morgan fingerprint density at radius 2 is 2.06 bits per heavy atom. The molecule has 4 nitrogen and oxygen atoms in total. The van der Waals surface area contributed by atoms with Crippen LogP contribution in [0.3, 0.4) is 0 Å². The predicted octanol–water partition coefficient (Wildman–Crippen LogP) is 2.46. The van der Waals surface area contributed by atoms with Crippen LogP contribution in [0.5, 0.6) is 0 Å². The van der Waals surface area contributed by atoms with E-state index in [0.717, 1.165) is 16.9 Å². The average molecular weight is 268 g/mol. The molecule has 1 amide bonds. The number of carbonyl (C=O) groups excluding carboxylic acids is 1. The van der Waals surface area contributed by atoms with Crippen LogP contribution in [-0.4, -0.2) is 28.1 Å². The largest absolute Gasteiger partial charge is 0.335 e. The van der Waals surface area contributed by atoms with Gasteiger partial charge in [0.15, 0.2) is 0 Å². The van der Waals surface area contributed by atoms with Gasteiger partial charge in [0.1, 0.15) is 0 Å². The molecule has 6 heteroatoms. The lowest BCUT2D eigenvalue weighted by molar-refractivity contribution is 0.0784. The van der Waals surface area contributed by atoms with E-state index in [2.05, 4.69) is 10.2 Å². The fraction of sp³-hybridized carbons (Fsp3) is 0.182. The molecule has 0 aliphatic carbocycles. The highest BCUT2D eigenvalue weighted by atomic mass is 35.5. The van der Waals surface area contributed by atoms with Gasteiger partial charge in [-0.15, -0.1) is 10.2 Å². The van der Waals surface area contributed by atoms with Gasteiger partial charge >= 0.3 is 0 Å². The Morgan fingerprint density at radius 3 is 2.65 bits per heavy atom. The smallest absolute Gasteiger partial charge is 0.284 e. The van der Waals surface area contributed by atoms with Crippen molar-refractivity contribution < 1.29 is 4.79 Å². The number of carbonyl (C=O) groups is 1. The molecule has 17 heavy (non-hydrogen) atoms. The van der Waals surface area contributed by atoms with Crippen LogP contribution in [0.25, 0.3) is 0 Å². The summed E-state index contributed by atoms with van der Waals surface area (Å²) in [5.41, 5.74) is 1.07. The zero-order valence-corrected chi connectivity index (χ0v) is 10.7. The maximum absolute atomic E-state index is 11.9.